The molecule has 0 bridgehead atoms. The smallest absolute Gasteiger partial charge is 0.0945 e. The summed E-state index contributed by atoms with van der Waals surface area (Å²) in [7, 11) is 0. The number of hydrogen-bond donors (Lipinski definition) is 1. The molecule has 1 unspecified atom stereocenters. The molecule has 1 atom stereocenters. The van der Waals surface area contributed by atoms with Crippen molar-refractivity contribution in [2.75, 3.05) is 19.6 Å². The average Bonchev–Trinajstić information content (AvgIpc) is 3.09. The number of imidazole rings is 1. The first-order valence-corrected chi connectivity index (χ1v) is 7.59. The van der Waals surface area contributed by atoms with E-state index in [-0.39, 0.29) is 0 Å². The molecule has 4 nitrogen and oxygen atoms in total. The van der Waals surface area contributed by atoms with Crippen molar-refractivity contribution in [2.45, 2.75) is 51.2 Å². The van der Waals surface area contributed by atoms with Crippen LogP contribution in [0.3, 0.4) is 0 Å². The van der Waals surface area contributed by atoms with Crippen LogP contribution in [-0.4, -0.2) is 45.7 Å². The second-order valence-corrected chi connectivity index (χ2v) is 6.74. The first kappa shape index (κ1) is 13.1. The summed E-state index contributed by atoms with van der Waals surface area (Å²) in [5.74, 6) is 0.951. The first-order valence-electron chi connectivity index (χ1n) is 7.59. The van der Waals surface area contributed by atoms with Gasteiger partial charge in [-0.3, -0.25) is 4.90 Å². The molecule has 2 aliphatic rings. The summed E-state index contributed by atoms with van der Waals surface area (Å²) in [5.41, 5.74) is 0.292. The summed E-state index contributed by atoms with van der Waals surface area (Å²) in [4.78, 5) is 6.78. The van der Waals surface area contributed by atoms with E-state index in [4.69, 9.17) is 0 Å². The van der Waals surface area contributed by atoms with E-state index in [1.807, 2.05) is 12.5 Å². The van der Waals surface area contributed by atoms with Crippen LogP contribution in [0.2, 0.25) is 0 Å². The molecule has 1 saturated carbocycles. The van der Waals surface area contributed by atoms with Gasteiger partial charge in [-0.2, -0.15) is 0 Å². The molecule has 0 spiro atoms. The topological polar surface area (TPSA) is 33.1 Å². The Morgan fingerprint density at radius 1 is 1.32 bits per heavy atom. The standard InChI is InChI=1S/C15H26N4/c1-15(2)11-17-14(13-4-5-13)10-19(15)8-3-7-18-9-6-16-12-18/h6,9,12-14,17H,3-5,7-8,10-11H2,1-2H3. The molecule has 0 aromatic carbocycles. The summed E-state index contributed by atoms with van der Waals surface area (Å²) in [6.45, 7) is 9.34. The zero-order valence-electron chi connectivity index (χ0n) is 12.2. The third-order valence-electron chi connectivity index (χ3n) is 4.66. The highest BCUT2D eigenvalue weighted by molar-refractivity contribution is 4.98. The van der Waals surface area contributed by atoms with Crippen LogP contribution in [0.1, 0.15) is 33.1 Å². The van der Waals surface area contributed by atoms with Gasteiger partial charge in [0.25, 0.3) is 0 Å². The molecule has 0 radical (unpaired) electrons. The Kier molecular flexibility index (Phi) is 3.63. The number of piperazine rings is 1. The number of nitrogens with zero attached hydrogens (tertiary/aromatic N) is 3. The average molecular weight is 262 g/mol. The highest BCUT2D eigenvalue weighted by atomic mass is 15.3. The second-order valence-electron chi connectivity index (χ2n) is 6.74. The maximum absolute atomic E-state index is 4.10. The number of nitrogens with one attached hydrogen (secondary N) is 1. The molecule has 1 saturated heterocycles. The third kappa shape index (κ3) is 3.18. The molecule has 1 N–H and O–H groups in total. The van der Waals surface area contributed by atoms with Crippen LogP contribution in [0.5, 0.6) is 0 Å². The SMILES string of the molecule is CC1(C)CNC(C2CC2)CN1CCCn1ccnc1. The van der Waals surface area contributed by atoms with Crippen molar-refractivity contribution < 1.29 is 0 Å². The fraction of sp³-hybridized carbons (Fsp3) is 0.800. The van der Waals surface area contributed by atoms with Gasteiger partial charge in [-0.15, -0.1) is 0 Å². The van der Waals surface area contributed by atoms with E-state index in [9.17, 15) is 0 Å². The van der Waals surface area contributed by atoms with Crippen LogP contribution in [0.4, 0.5) is 0 Å². The molecule has 0 amide bonds. The van der Waals surface area contributed by atoms with E-state index in [0.29, 0.717) is 5.54 Å². The van der Waals surface area contributed by atoms with E-state index in [1.165, 1.54) is 32.4 Å². The highest BCUT2D eigenvalue weighted by Gasteiger charge is 2.39. The van der Waals surface area contributed by atoms with Crippen LogP contribution in [0, 0.1) is 5.92 Å². The van der Waals surface area contributed by atoms with Crippen LogP contribution >= 0.6 is 0 Å². The predicted molar refractivity (Wildman–Crippen MR) is 77.0 cm³/mol. The van der Waals surface area contributed by atoms with Crippen LogP contribution < -0.4 is 5.32 Å². The van der Waals surface area contributed by atoms with Crippen LogP contribution in [0.25, 0.3) is 0 Å². The van der Waals surface area contributed by atoms with Crippen molar-refractivity contribution in [1.82, 2.24) is 19.8 Å². The van der Waals surface area contributed by atoms with Crippen molar-refractivity contribution in [1.29, 1.82) is 0 Å². The quantitative estimate of drug-likeness (QED) is 0.877. The maximum atomic E-state index is 4.10. The lowest BCUT2D eigenvalue weighted by Gasteiger charge is -2.46. The molecule has 4 heteroatoms. The van der Waals surface area contributed by atoms with Gasteiger partial charge < -0.3 is 9.88 Å². The van der Waals surface area contributed by atoms with Gasteiger partial charge in [-0.25, -0.2) is 4.98 Å². The third-order valence-corrected chi connectivity index (χ3v) is 4.66. The molecule has 2 heterocycles. The lowest BCUT2D eigenvalue weighted by atomic mass is 9.95. The van der Waals surface area contributed by atoms with Gasteiger partial charge in [-0.05, 0) is 39.0 Å². The zero-order chi connectivity index (χ0) is 13.3. The van der Waals surface area contributed by atoms with Crippen molar-refractivity contribution in [3.8, 4) is 0 Å². The summed E-state index contributed by atoms with van der Waals surface area (Å²) < 4.78 is 2.17. The summed E-state index contributed by atoms with van der Waals surface area (Å²) in [6.07, 6.45) is 9.89. The predicted octanol–water partition coefficient (Wildman–Crippen LogP) is 1.74. The van der Waals surface area contributed by atoms with Gasteiger partial charge in [-0.1, -0.05) is 0 Å². The Labute approximate surface area is 116 Å². The maximum Gasteiger partial charge on any atom is 0.0945 e. The van der Waals surface area contributed by atoms with Gasteiger partial charge >= 0.3 is 0 Å². The largest absolute Gasteiger partial charge is 0.337 e. The molecule has 3 rings (SSSR count). The fourth-order valence-corrected chi connectivity index (χ4v) is 3.11. The van der Waals surface area contributed by atoms with Crippen LogP contribution in [0.15, 0.2) is 18.7 Å². The normalized spacial score (nSPS) is 27.6. The molecular formula is C15H26N4. The molecule has 19 heavy (non-hydrogen) atoms. The lowest BCUT2D eigenvalue weighted by Crippen LogP contribution is -2.62. The molecule has 1 aromatic heterocycles. The number of aromatic nitrogens is 2. The van der Waals surface area contributed by atoms with Crippen molar-refractivity contribution >= 4 is 0 Å². The minimum Gasteiger partial charge on any atom is -0.337 e. The van der Waals surface area contributed by atoms with Gasteiger partial charge in [0, 0.05) is 50.2 Å². The summed E-state index contributed by atoms with van der Waals surface area (Å²) in [6, 6.07) is 0.737. The van der Waals surface area contributed by atoms with Crippen LogP contribution in [-0.2, 0) is 6.54 Å². The summed E-state index contributed by atoms with van der Waals surface area (Å²) in [5, 5.41) is 3.75. The van der Waals surface area contributed by atoms with Crippen molar-refractivity contribution in [3.05, 3.63) is 18.7 Å². The molecule has 1 aliphatic carbocycles. The first-order chi connectivity index (χ1) is 9.15. The lowest BCUT2D eigenvalue weighted by molar-refractivity contribution is 0.0586. The van der Waals surface area contributed by atoms with Gasteiger partial charge in [0.05, 0.1) is 6.33 Å². The number of aryl methyl sites for hydroxylation is 1. The number of rotatable bonds is 5. The van der Waals surface area contributed by atoms with Gasteiger partial charge in [0.2, 0.25) is 0 Å². The van der Waals surface area contributed by atoms with E-state index in [2.05, 4.69) is 39.8 Å². The zero-order valence-corrected chi connectivity index (χ0v) is 12.2. The Morgan fingerprint density at radius 3 is 2.84 bits per heavy atom. The van der Waals surface area contributed by atoms with Gasteiger partial charge in [0.15, 0.2) is 0 Å². The van der Waals surface area contributed by atoms with E-state index < -0.39 is 0 Å². The highest BCUT2D eigenvalue weighted by Crippen LogP contribution is 2.35. The fourth-order valence-electron chi connectivity index (χ4n) is 3.11. The Balaban J connectivity index is 1.51. The van der Waals surface area contributed by atoms with E-state index in [1.54, 1.807) is 0 Å². The van der Waals surface area contributed by atoms with Crippen molar-refractivity contribution in [2.24, 2.45) is 5.92 Å². The van der Waals surface area contributed by atoms with Crippen molar-refractivity contribution in [3.63, 3.8) is 0 Å². The molecule has 2 fully saturated rings. The number of hydrogen-bond acceptors (Lipinski definition) is 3. The van der Waals surface area contributed by atoms with E-state index in [0.717, 1.165) is 25.0 Å². The monoisotopic (exact) mass is 262 g/mol. The molecular weight excluding hydrogens is 236 g/mol. The second kappa shape index (κ2) is 5.25. The summed E-state index contributed by atoms with van der Waals surface area (Å²) >= 11 is 0. The Bertz CT molecular complexity index is 394. The minimum atomic E-state index is 0.292. The molecule has 1 aromatic rings. The van der Waals surface area contributed by atoms with E-state index >= 15 is 0 Å². The molecule has 1 aliphatic heterocycles. The minimum absolute atomic E-state index is 0.292. The molecule has 106 valence electrons. The Morgan fingerprint density at radius 2 is 2.16 bits per heavy atom. The van der Waals surface area contributed by atoms with Gasteiger partial charge in [0.1, 0.15) is 0 Å². The Hall–Kier alpha value is -0.870.